The highest BCUT2D eigenvalue weighted by Crippen LogP contribution is 2.27. The number of hydrogen-bond acceptors (Lipinski definition) is 4. The molecular weight excluding hydrogens is 336 g/mol. The van der Waals surface area contributed by atoms with Gasteiger partial charge in [0.15, 0.2) is 5.65 Å². The van der Waals surface area contributed by atoms with Gasteiger partial charge in [-0.05, 0) is 47.4 Å². The summed E-state index contributed by atoms with van der Waals surface area (Å²) < 4.78 is 7.02. The van der Waals surface area contributed by atoms with E-state index >= 15 is 0 Å². The van der Waals surface area contributed by atoms with Gasteiger partial charge < -0.3 is 10.1 Å². The largest absolute Gasteiger partial charge is 0.497 e. The van der Waals surface area contributed by atoms with Crippen molar-refractivity contribution in [2.24, 2.45) is 0 Å². The van der Waals surface area contributed by atoms with Gasteiger partial charge in [-0.15, -0.1) is 0 Å². The first kappa shape index (κ1) is 17.1. The van der Waals surface area contributed by atoms with Crippen LogP contribution in [0.15, 0.2) is 67.0 Å². The van der Waals surface area contributed by atoms with Crippen molar-refractivity contribution < 1.29 is 4.74 Å². The molecule has 1 N–H and O–H groups in total. The van der Waals surface area contributed by atoms with Gasteiger partial charge in [0, 0.05) is 17.4 Å². The van der Waals surface area contributed by atoms with Crippen molar-refractivity contribution in [2.75, 3.05) is 12.4 Å². The lowest BCUT2D eigenvalue weighted by Gasteiger charge is -2.09. The van der Waals surface area contributed by atoms with E-state index in [1.807, 2.05) is 42.7 Å². The maximum absolute atomic E-state index is 5.24. The van der Waals surface area contributed by atoms with E-state index in [-0.39, 0.29) is 0 Å². The van der Waals surface area contributed by atoms with Crippen LogP contribution in [-0.4, -0.2) is 21.7 Å². The van der Waals surface area contributed by atoms with Crippen LogP contribution in [0.3, 0.4) is 0 Å². The fraction of sp³-hybridized carbons (Fsp3) is 0.182. The summed E-state index contributed by atoms with van der Waals surface area (Å²) in [5.74, 6) is 2.14. The molecule has 2 aromatic carbocycles. The fourth-order valence-electron chi connectivity index (χ4n) is 3.01. The molecule has 2 heterocycles. The zero-order chi connectivity index (χ0) is 18.8. The Kier molecular flexibility index (Phi) is 4.50. The summed E-state index contributed by atoms with van der Waals surface area (Å²) in [7, 11) is 1.66. The van der Waals surface area contributed by atoms with Crippen LogP contribution in [-0.2, 0) is 0 Å². The average molecular weight is 358 g/mol. The van der Waals surface area contributed by atoms with Crippen LogP contribution in [0.2, 0.25) is 0 Å². The molecule has 0 spiro atoms. The summed E-state index contributed by atoms with van der Waals surface area (Å²) in [6.45, 7) is 4.39. The van der Waals surface area contributed by atoms with Crippen molar-refractivity contribution in [3.63, 3.8) is 0 Å². The number of anilines is 2. The minimum atomic E-state index is 0.521. The molecule has 0 radical (unpaired) electrons. The molecule has 0 saturated heterocycles. The molecule has 0 aliphatic heterocycles. The Morgan fingerprint density at radius 3 is 2.37 bits per heavy atom. The number of ether oxygens (including phenoxy) is 1. The maximum atomic E-state index is 5.24. The minimum absolute atomic E-state index is 0.521. The predicted octanol–water partition coefficient (Wildman–Crippen LogP) is 5.27. The van der Waals surface area contributed by atoms with Crippen LogP contribution >= 0.6 is 0 Å². The van der Waals surface area contributed by atoms with E-state index in [0.717, 1.165) is 34.0 Å². The van der Waals surface area contributed by atoms with Crippen molar-refractivity contribution in [1.82, 2.24) is 14.6 Å². The number of aromatic nitrogens is 3. The second kappa shape index (κ2) is 7.11. The quantitative estimate of drug-likeness (QED) is 0.528. The fourth-order valence-corrected chi connectivity index (χ4v) is 3.01. The number of benzene rings is 2. The lowest BCUT2D eigenvalue weighted by atomic mass is 10.0. The summed E-state index contributed by atoms with van der Waals surface area (Å²) in [6.07, 6.45) is 3.76. The number of hydrogen-bond donors (Lipinski definition) is 1. The van der Waals surface area contributed by atoms with Gasteiger partial charge in [-0.1, -0.05) is 38.1 Å². The van der Waals surface area contributed by atoms with Crippen molar-refractivity contribution in [3.05, 3.63) is 72.6 Å². The SMILES string of the molecule is COc1ccc(-c2cnn3ccc(Nc4ccc(C(C)C)cc4)nc23)cc1. The molecule has 4 rings (SSSR count). The zero-order valence-corrected chi connectivity index (χ0v) is 15.7. The lowest BCUT2D eigenvalue weighted by Crippen LogP contribution is -1.97. The smallest absolute Gasteiger partial charge is 0.165 e. The summed E-state index contributed by atoms with van der Waals surface area (Å²) in [4.78, 5) is 4.77. The molecule has 2 aromatic heterocycles. The third kappa shape index (κ3) is 3.49. The molecule has 0 bridgehead atoms. The van der Waals surface area contributed by atoms with Gasteiger partial charge in [-0.25, -0.2) is 9.50 Å². The molecule has 0 fully saturated rings. The molecule has 0 amide bonds. The Morgan fingerprint density at radius 2 is 1.70 bits per heavy atom. The van der Waals surface area contributed by atoms with E-state index < -0.39 is 0 Å². The lowest BCUT2D eigenvalue weighted by molar-refractivity contribution is 0.415. The number of rotatable bonds is 5. The Bertz CT molecular complexity index is 1050. The Labute approximate surface area is 158 Å². The van der Waals surface area contributed by atoms with Gasteiger partial charge in [-0.2, -0.15) is 5.10 Å². The molecule has 0 unspecified atom stereocenters. The van der Waals surface area contributed by atoms with Crippen LogP contribution in [0.25, 0.3) is 16.8 Å². The maximum Gasteiger partial charge on any atom is 0.165 e. The van der Waals surface area contributed by atoms with Gasteiger partial charge in [0.1, 0.15) is 11.6 Å². The van der Waals surface area contributed by atoms with E-state index in [2.05, 4.69) is 48.5 Å². The Morgan fingerprint density at radius 1 is 0.963 bits per heavy atom. The van der Waals surface area contributed by atoms with Gasteiger partial charge in [-0.3, -0.25) is 0 Å². The zero-order valence-electron chi connectivity index (χ0n) is 15.7. The van der Waals surface area contributed by atoms with E-state index in [9.17, 15) is 0 Å². The summed E-state index contributed by atoms with van der Waals surface area (Å²) >= 11 is 0. The first-order chi connectivity index (χ1) is 13.1. The first-order valence-corrected chi connectivity index (χ1v) is 9.00. The van der Waals surface area contributed by atoms with Gasteiger partial charge in [0.05, 0.1) is 13.3 Å². The first-order valence-electron chi connectivity index (χ1n) is 9.00. The molecule has 136 valence electrons. The standard InChI is InChI=1S/C22H22N4O/c1-15(2)16-4-8-18(9-5-16)24-21-12-13-26-22(25-21)20(14-23-26)17-6-10-19(27-3)11-7-17/h4-15H,1-3H3,(H,24,25). The van der Waals surface area contributed by atoms with E-state index in [4.69, 9.17) is 9.72 Å². The summed E-state index contributed by atoms with van der Waals surface area (Å²) in [5.41, 5.74) is 5.18. The highest BCUT2D eigenvalue weighted by Gasteiger charge is 2.09. The predicted molar refractivity (Wildman–Crippen MR) is 109 cm³/mol. The van der Waals surface area contributed by atoms with Crippen molar-refractivity contribution in [1.29, 1.82) is 0 Å². The second-order valence-corrected chi connectivity index (χ2v) is 6.77. The molecule has 0 aliphatic carbocycles. The topological polar surface area (TPSA) is 51.5 Å². The second-order valence-electron chi connectivity index (χ2n) is 6.77. The molecule has 5 heteroatoms. The van der Waals surface area contributed by atoms with Gasteiger partial charge >= 0.3 is 0 Å². The van der Waals surface area contributed by atoms with Gasteiger partial charge in [0.2, 0.25) is 0 Å². The number of methoxy groups -OCH3 is 1. The van der Waals surface area contributed by atoms with E-state index in [0.29, 0.717) is 5.92 Å². The molecule has 0 aliphatic rings. The summed E-state index contributed by atoms with van der Waals surface area (Å²) in [5, 5.41) is 7.79. The summed E-state index contributed by atoms with van der Waals surface area (Å²) in [6, 6.07) is 18.3. The average Bonchev–Trinajstić information content (AvgIpc) is 3.12. The van der Waals surface area contributed by atoms with Crippen LogP contribution in [0, 0.1) is 0 Å². The molecule has 0 saturated carbocycles. The van der Waals surface area contributed by atoms with E-state index in [1.165, 1.54) is 5.56 Å². The van der Waals surface area contributed by atoms with Crippen LogP contribution < -0.4 is 10.1 Å². The van der Waals surface area contributed by atoms with Crippen molar-refractivity contribution in [3.8, 4) is 16.9 Å². The molecule has 5 nitrogen and oxygen atoms in total. The Hall–Kier alpha value is -3.34. The highest BCUT2D eigenvalue weighted by molar-refractivity contribution is 5.78. The normalized spacial score (nSPS) is 11.1. The third-order valence-corrected chi connectivity index (χ3v) is 4.62. The molecule has 4 aromatic rings. The van der Waals surface area contributed by atoms with E-state index in [1.54, 1.807) is 11.6 Å². The van der Waals surface area contributed by atoms with Crippen molar-refractivity contribution in [2.45, 2.75) is 19.8 Å². The molecule has 0 atom stereocenters. The minimum Gasteiger partial charge on any atom is -0.497 e. The Balaban J connectivity index is 1.64. The molecule has 27 heavy (non-hydrogen) atoms. The van der Waals surface area contributed by atoms with Crippen molar-refractivity contribution >= 4 is 17.2 Å². The highest BCUT2D eigenvalue weighted by atomic mass is 16.5. The monoisotopic (exact) mass is 358 g/mol. The number of fused-ring (bicyclic) bond motifs is 1. The van der Waals surface area contributed by atoms with Gasteiger partial charge in [0.25, 0.3) is 0 Å². The molecular formula is C22H22N4O. The van der Waals surface area contributed by atoms with Crippen LogP contribution in [0.1, 0.15) is 25.3 Å². The number of nitrogens with zero attached hydrogens (tertiary/aromatic N) is 3. The van der Waals surface area contributed by atoms with Crippen LogP contribution in [0.4, 0.5) is 11.5 Å². The number of nitrogens with one attached hydrogen (secondary N) is 1. The third-order valence-electron chi connectivity index (χ3n) is 4.62. The van der Waals surface area contributed by atoms with Crippen LogP contribution in [0.5, 0.6) is 5.75 Å².